The molecule has 0 saturated carbocycles. The molecule has 146 valence electrons. The van der Waals surface area contributed by atoms with Gasteiger partial charge in [-0.3, -0.25) is 4.79 Å². The minimum atomic E-state index is -1.10. The van der Waals surface area contributed by atoms with E-state index in [0.717, 1.165) is 0 Å². The van der Waals surface area contributed by atoms with Gasteiger partial charge in [0.25, 0.3) is 0 Å². The number of hydrogen-bond acceptors (Lipinski definition) is 6. The second-order valence-corrected chi connectivity index (χ2v) is 6.97. The Labute approximate surface area is 163 Å². The summed E-state index contributed by atoms with van der Waals surface area (Å²) in [5, 5.41) is 20.2. The van der Waals surface area contributed by atoms with Crippen LogP contribution in [0.5, 0.6) is 0 Å². The Morgan fingerprint density at radius 1 is 1.43 bits per heavy atom. The van der Waals surface area contributed by atoms with Crippen molar-refractivity contribution in [1.82, 2.24) is 25.1 Å². The molecule has 0 bridgehead atoms. The van der Waals surface area contributed by atoms with Gasteiger partial charge in [0, 0.05) is 25.2 Å². The molecule has 2 aromatic rings. The van der Waals surface area contributed by atoms with E-state index in [1.165, 1.54) is 35.2 Å². The highest BCUT2D eigenvalue weighted by Gasteiger charge is 2.49. The third-order valence-corrected chi connectivity index (χ3v) is 5.43. The Morgan fingerprint density at radius 3 is 2.86 bits per heavy atom. The summed E-state index contributed by atoms with van der Waals surface area (Å²) in [5.41, 5.74) is 0.799. The van der Waals surface area contributed by atoms with Gasteiger partial charge in [-0.1, -0.05) is 11.6 Å². The molecule has 28 heavy (non-hydrogen) atoms. The number of amides is 1. The summed E-state index contributed by atoms with van der Waals surface area (Å²) in [6.45, 7) is 0. The predicted octanol–water partition coefficient (Wildman–Crippen LogP) is 1.31. The highest BCUT2D eigenvalue weighted by atomic mass is 35.5. The first kappa shape index (κ1) is 18.5. The summed E-state index contributed by atoms with van der Waals surface area (Å²) >= 11 is 5.97. The molecule has 1 N–H and O–H groups in total. The molecule has 11 heteroatoms. The lowest BCUT2D eigenvalue weighted by Gasteiger charge is -2.34. The minimum Gasteiger partial charge on any atom is -0.480 e. The number of fused-ring (bicyclic) bond motifs is 1. The van der Waals surface area contributed by atoms with Gasteiger partial charge >= 0.3 is 5.97 Å². The Balaban J connectivity index is 1.83. The van der Waals surface area contributed by atoms with Crippen LogP contribution in [0.2, 0.25) is 5.02 Å². The zero-order valence-corrected chi connectivity index (χ0v) is 15.4. The zero-order chi connectivity index (χ0) is 20.0. The van der Waals surface area contributed by atoms with Crippen molar-refractivity contribution >= 4 is 29.1 Å². The third kappa shape index (κ3) is 2.85. The van der Waals surface area contributed by atoms with E-state index in [1.807, 2.05) is 0 Å². The van der Waals surface area contributed by atoms with Gasteiger partial charge in [-0.25, -0.2) is 9.18 Å². The molecule has 1 unspecified atom stereocenters. The van der Waals surface area contributed by atoms with Gasteiger partial charge in [-0.05, 0) is 34.6 Å². The molecule has 1 aromatic carbocycles. The van der Waals surface area contributed by atoms with Crippen LogP contribution in [0.3, 0.4) is 0 Å². The first-order valence-corrected chi connectivity index (χ1v) is 8.80. The topological polar surface area (TPSA) is 110 Å². The Morgan fingerprint density at radius 2 is 2.21 bits per heavy atom. The van der Waals surface area contributed by atoms with Gasteiger partial charge in [-0.2, -0.15) is 4.68 Å². The Bertz CT molecular complexity index is 980. The largest absolute Gasteiger partial charge is 0.480 e. The molecule has 2 aliphatic heterocycles. The van der Waals surface area contributed by atoms with Crippen molar-refractivity contribution in [1.29, 1.82) is 0 Å². The first-order chi connectivity index (χ1) is 13.4. The fourth-order valence-electron chi connectivity index (χ4n) is 3.91. The fraction of sp³-hybridized carbons (Fsp3) is 0.353. The number of ether oxygens (including phenoxy) is 1. The van der Waals surface area contributed by atoms with Gasteiger partial charge in [0.15, 0.2) is 5.82 Å². The van der Waals surface area contributed by atoms with Crippen LogP contribution < -0.4 is 0 Å². The summed E-state index contributed by atoms with van der Waals surface area (Å²) < 4.78 is 21.7. The maximum Gasteiger partial charge on any atom is 0.326 e. The zero-order valence-electron chi connectivity index (χ0n) is 14.6. The first-order valence-electron chi connectivity index (χ1n) is 8.42. The standard InChI is InChI=1S/C17H15ClFN5O4/c1-28-13-6-12(17(26)27)24-11(13)4-8(5-14(24)25)15-10(23-7-20-21-22-23)3-2-9(18)16(15)19/h2-3,5,7,11-13H,4,6H2,1H3,(H,26,27)/t11?,12-,13+/m0/s1. The molecule has 0 radical (unpaired) electrons. The lowest BCUT2D eigenvalue weighted by molar-refractivity contribution is -0.148. The number of nitrogens with zero attached hydrogens (tertiary/aromatic N) is 5. The quantitative estimate of drug-likeness (QED) is 0.813. The van der Waals surface area contributed by atoms with Crippen LogP contribution in [0.4, 0.5) is 4.39 Å². The highest BCUT2D eigenvalue weighted by molar-refractivity contribution is 6.31. The molecular formula is C17H15ClFN5O4. The van der Waals surface area contributed by atoms with Crippen LogP contribution in [0.25, 0.3) is 11.3 Å². The second-order valence-electron chi connectivity index (χ2n) is 6.56. The number of benzene rings is 1. The molecule has 1 fully saturated rings. The van der Waals surface area contributed by atoms with Gasteiger partial charge in [-0.15, -0.1) is 5.10 Å². The predicted molar refractivity (Wildman–Crippen MR) is 94.2 cm³/mol. The van der Waals surface area contributed by atoms with Crippen LogP contribution in [0, 0.1) is 5.82 Å². The van der Waals surface area contributed by atoms with Crippen LogP contribution in [0.15, 0.2) is 24.5 Å². The molecule has 1 amide bonds. The molecule has 0 spiro atoms. The number of halogens is 2. The van der Waals surface area contributed by atoms with Crippen LogP contribution >= 0.6 is 11.6 Å². The van der Waals surface area contributed by atoms with Gasteiger partial charge < -0.3 is 14.7 Å². The third-order valence-electron chi connectivity index (χ3n) is 5.14. The minimum absolute atomic E-state index is 0.0985. The maximum atomic E-state index is 15.0. The SMILES string of the molecule is CO[C@@H]1C[C@@H](C(=O)O)N2C(=O)C=C(c3c(-n4cnnn4)ccc(Cl)c3F)CC12. The molecule has 3 atom stereocenters. The number of methoxy groups -OCH3 is 1. The maximum absolute atomic E-state index is 15.0. The van der Waals surface area contributed by atoms with Crippen LogP contribution in [-0.4, -0.2) is 67.4 Å². The van der Waals surface area contributed by atoms with Crippen molar-refractivity contribution in [3.8, 4) is 5.69 Å². The molecular weight excluding hydrogens is 393 g/mol. The molecule has 9 nitrogen and oxygen atoms in total. The van der Waals surface area contributed by atoms with Gasteiger partial charge in [0.05, 0.1) is 22.9 Å². The van der Waals surface area contributed by atoms with E-state index in [1.54, 1.807) is 6.07 Å². The summed E-state index contributed by atoms with van der Waals surface area (Å²) in [5.74, 6) is -2.32. The van der Waals surface area contributed by atoms with E-state index in [-0.39, 0.29) is 23.4 Å². The summed E-state index contributed by atoms with van der Waals surface area (Å²) in [6, 6.07) is 1.42. The summed E-state index contributed by atoms with van der Waals surface area (Å²) in [6.07, 6.45) is 2.44. The smallest absolute Gasteiger partial charge is 0.326 e. The van der Waals surface area contributed by atoms with E-state index in [9.17, 15) is 19.1 Å². The van der Waals surface area contributed by atoms with E-state index in [0.29, 0.717) is 11.3 Å². The lowest BCUT2D eigenvalue weighted by atomic mass is 9.91. The van der Waals surface area contributed by atoms with Crippen molar-refractivity contribution in [3.63, 3.8) is 0 Å². The van der Waals surface area contributed by atoms with Crippen LogP contribution in [-0.2, 0) is 14.3 Å². The monoisotopic (exact) mass is 407 g/mol. The average Bonchev–Trinajstić information content (AvgIpc) is 3.31. The number of hydrogen-bond donors (Lipinski definition) is 1. The fourth-order valence-corrected chi connectivity index (χ4v) is 4.07. The highest BCUT2D eigenvalue weighted by Crippen LogP contribution is 2.40. The Kier molecular flexibility index (Phi) is 4.60. The van der Waals surface area contributed by atoms with E-state index >= 15 is 0 Å². The van der Waals surface area contributed by atoms with Crippen molar-refractivity contribution in [2.75, 3.05) is 7.11 Å². The number of aliphatic carboxylic acids is 1. The number of carboxylic acid groups (broad SMARTS) is 1. The average molecular weight is 408 g/mol. The Hall–Kier alpha value is -2.85. The number of carboxylic acids is 1. The van der Waals surface area contributed by atoms with Crippen molar-refractivity contribution in [3.05, 3.63) is 40.9 Å². The van der Waals surface area contributed by atoms with E-state index in [2.05, 4.69) is 15.5 Å². The van der Waals surface area contributed by atoms with E-state index < -0.39 is 35.9 Å². The number of tetrazole rings is 1. The van der Waals surface area contributed by atoms with Gasteiger partial charge in [0.1, 0.15) is 12.4 Å². The normalized spacial score (nSPS) is 24.2. The van der Waals surface area contributed by atoms with Crippen molar-refractivity contribution in [2.24, 2.45) is 0 Å². The summed E-state index contributed by atoms with van der Waals surface area (Å²) in [7, 11) is 1.46. The molecule has 4 rings (SSSR count). The molecule has 3 heterocycles. The number of aromatic nitrogens is 4. The number of carbonyl (C=O) groups excluding carboxylic acids is 1. The van der Waals surface area contributed by atoms with Gasteiger partial charge in [0.2, 0.25) is 5.91 Å². The second kappa shape index (κ2) is 6.95. The number of carbonyl (C=O) groups is 2. The van der Waals surface area contributed by atoms with Crippen molar-refractivity contribution in [2.45, 2.75) is 31.0 Å². The molecule has 0 aliphatic carbocycles. The molecule has 2 aliphatic rings. The van der Waals surface area contributed by atoms with E-state index in [4.69, 9.17) is 16.3 Å². The lowest BCUT2D eigenvalue weighted by Crippen LogP contribution is -2.47. The van der Waals surface area contributed by atoms with Crippen molar-refractivity contribution < 1.29 is 23.8 Å². The number of rotatable bonds is 4. The molecule has 1 saturated heterocycles. The molecule has 1 aromatic heterocycles. The van der Waals surface area contributed by atoms with Crippen LogP contribution in [0.1, 0.15) is 18.4 Å². The summed E-state index contributed by atoms with van der Waals surface area (Å²) in [4.78, 5) is 25.6.